The normalized spacial score (nSPS) is 16.9. The highest BCUT2D eigenvalue weighted by atomic mass is 16.2. The van der Waals surface area contributed by atoms with Crippen LogP contribution in [0.2, 0.25) is 0 Å². The van der Waals surface area contributed by atoms with E-state index in [0.29, 0.717) is 25.9 Å². The number of nitrogens with zero attached hydrogens (tertiary/aromatic N) is 2. The highest BCUT2D eigenvalue weighted by molar-refractivity contribution is 6.18. The number of benzene rings is 2. The van der Waals surface area contributed by atoms with E-state index < -0.39 is 5.41 Å². The number of hydrogen-bond acceptors (Lipinski definition) is 2. The first-order chi connectivity index (χ1) is 12.6. The molecule has 4 rings (SSSR count). The summed E-state index contributed by atoms with van der Waals surface area (Å²) in [6, 6.07) is 15.9. The molecule has 0 spiro atoms. The predicted octanol–water partition coefficient (Wildman–Crippen LogP) is 3.72. The summed E-state index contributed by atoms with van der Waals surface area (Å²) in [6.45, 7) is 5.21. The van der Waals surface area contributed by atoms with Crippen LogP contribution in [0.25, 0.3) is 0 Å². The van der Waals surface area contributed by atoms with E-state index in [2.05, 4.69) is 6.07 Å². The van der Waals surface area contributed by atoms with E-state index in [1.165, 1.54) is 5.56 Å². The van der Waals surface area contributed by atoms with Crippen molar-refractivity contribution in [2.45, 2.75) is 33.1 Å². The van der Waals surface area contributed by atoms with Gasteiger partial charge in [0.15, 0.2) is 0 Å². The lowest BCUT2D eigenvalue weighted by Crippen LogP contribution is -2.47. The fraction of sp³-hybridized carbons (Fsp3) is 0.364. The van der Waals surface area contributed by atoms with Gasteiger partial charge in [0.1, 0.15) is 5.41 Å². The number of fused-ring (bicyclic) bond motifs is 1. The lowest BCUT2D eigenvalue weighted by molar-refractivity contribution is -0.134. The summed E-state index contributed by atoms with van der Waals surface area (Å²) >= 11 is 0. The number of carbonyl (C=O) groups is 2. The number of amides is 2. The van der Waals surface area contributed by atoms with Gasteiger partial charge in [0, 0.05) is 24.5 Å². The Balaban J connectivity index is 1.62. The molecule has 1 fully saturated rings. The molecule has 1 aliphatic carbocycles. The molecule has 26 heavy (non-hydrogen) atoms. The molecule has 0 radical (unpaired) electrons. The molecule has 0 saturated heterocycles. The molecule has 0 bridgehead atoms. The Labute approximate surface area is 154 Å². The van der Waals surface area contributed by atoms with Crippen LogP contribution in [0.1, 0.15) is 30.9 Å². The summed E-state index contributed by atoms with van der Waals surface area (Å²) in [4.78, 5) is 30.3. The maximum absolute atomic E-state index is 13.4. The van der Waals surface area contributed by atoms with Crippen LogP contribution in [0.4, 0.5) is 11.4 Å². The minimum absolute atomic E-state index is 0.0291. The number of aryl methyl sites for hydroxylation is 1. The highest BCUT2D eigenvalue weighted by Gasteiger charge is 2.60. The second-order valence-electron chi connectivity index (χ2n) is 7.31. The van der Waals surface area contributed by atoms with Crippen LogP contribution in [0, 0.1) is 12.3 Å². The van der Waals surface area contributed by atoms with Crippen LogP contribution >= 0.6 is 0 Å². The quantitative estimate of drug-likeness (QED) is 0.790. The number of anilines is 2. The van der Waals surface area contributed by atoms with Crippen LogP contribution in [0.3, 0.4) is 0 Å². The Morgan fingerprint density at radius 3 is 2.58 bits per heavy atom. The van der Waals surface area contributed by atoms with Crippen molar-refractivity contribution in [3.8, 4) is 0 Å². The second-order valence-corrected chi connectivity index (χ2v) is 7.31. The van der Waals surface area contributed by atoms with Crippen molar-refractivity contribution in [1.82, 2.24) is 0 Å². The zero-order valence-corrected chi connectivity index (χ0v) is 15.4. The molecular formula is C22H24N2O2. The van der Waals surface area contributed by atoms with Crippen molar-refractivity contribution >= 4 is 23.2 Å². The van der Waals surface area contributed by atoms with E-state index in [1.807, 2.05) is 61.2 Å². The summed E-state index contributed by atoms with van der Waals surface area (Å²) in [7, 11) is 0. The van der Waals surface area contributed by atoms with E-state index in [9.17, 15) is 9.59 Å². The third kappa shape index (κ3) is 2.61. The van der Waals surface area contributed by atoms with Gasteiger partial charge in [-0.15, -0.1) is 0 Å². The van der Waals surface area contributed by atoms with E-state index in [4.69, 9.17) is 0 Å². The van der Waals surface area contributed by atoms with Crippen LogP contribution in [-0.2, 0) is 16.0 Å². The Hall–Kier alpha value is -2.62. The SMILES string of the molecule is CCN(C(=O)C1(C(=O)N2CCc3ccccc32)CC1)c1cccc(C)c1. The smallest absolute Gasteiger partial charge is 0.242 e. The number of para-hydroxylation sites is 1. The summed E-state index contributed by atoms with van der Waals surface area (Å²) in [6.07, 6.45) is 2.15. The Kier molecular flexibility index (Phi) is 4.06. The molecule has 1 aliphatic heterocycles. The second kappa shape index (κ2) is 6.27. The first kappa shape index (κ1) is 16.8. The van der Waals surface area contributed by atoms with E-state index in [-0.39, 0.29) is 11.8 Å². The van der Waals surface area contributed by atoms with Gasteiger partial charge in [0.25, 0.3) is 0 Å². The monoisotopic (exact) mass is 348 g/mol. The molecule has 4 heteroatoms. The van der Waals surface area contributed by atoms with Gasteiger partial charge >= 0.3 is 0 Å². The fourth-order valence-corrected chi connectivity index (χ4v) is 3.95. The number of carbonyl (C=O) groups excluding carboxylic acids is 2. The van der Waals surface area contributed by atoms with Gasteiger partial charge in [-0.3, -0.25) is 9.59 Å². The van der Waals surface area contributed by atoms with Gasteiger partial charge < -0.3 is 9.80 Å². The van der Waals surface area contributed by atoms with Gasteiger partial charge in [-0.05, 0) is 62.4 Å². The van der Waals surface area contributed by atoms with Crippen molar-refractivity contribution in [3.05, 3.63) is 59.7 Å². The van der Waals surface area contributed by atoms with Gasteiger partial charge in [-0.1, -0.05) is 30.3 Å². The van der Waals surface area contributed by atoms with Crippen LogP contribution in [-0.4, -0.2) is 24.9 Å². The summed E-state index contributed by atoms with van der Waals surface area (Å²) < 4.78 is 0. The van der Waals surface area contributed by atoms with Gasteiger partial charge in [-0.25, -0.2) is 0 Å². The topological polar surface area (TPSA) is 40.6 Å². The highest BCUT2D eigenvalue weighted by Crippen LogP contribution is 2.50. The Morgan fingerprint density at radius 1 is 1.12 bits per heavy atom. The van der Waals surface area contributed by atoms with E-state index >= 15 is 0 Å². The van der Waals surface area contributed by atoms with Crippen molar-refractivity contribution in [2.75, 3.05) is 22.9 Å². The van der Waals surface area contributed by atoms with Crippen molar-refractivity contribution in [3.63, 3.8) is 0 Å². The fourth-order valence-electron chi connectivity index (χ4n) is 3.95. The van der Waals surface area contributed by atoms with Crippen LogP contribution in [0.5, 0.6) is 0 Å². The van der Waals surface area contributed by atoms with Crippen molar-refractivity contribution in [2.24, 2.45) is 5.41 Å². The average molecular weight is 348 g/mol. The van der Waals surface area contributed by atoms with Crippen LogP contribution in [0.15, 0.2) is 48.5 Å². The molecule has 2 aliphatic rings. The first-order valence-corrected chi connectivity index (χ1v) is 9.35. The molecule has 2 amide bonds. The lowest BCUT2D eigenvalue weighted by Gasteiger charge is -2.29. The summed E-state index contributed by atoms with van der Waals surface area (Å²) in [5.41, 5.74) is 3.26. The maximum atomic E-state index is 13.4. The van der Waals surface area contributed by atoms with Crippen molar-refractivity contribution in [1.29, 1.82) is 0 Å². The molecule has 0 N–H and O–H groups in total. The predicted molar refractivity (Wildman–Crippen MR) is 103 cm³/mol. The zero-order chi connectivity index (χ0) is 18.3. The molecule has 0 atom stereocenters. The third-order valence-corrected chi connectivity index (χ3v) is 5.58. The lowest BCUT2D eigenvalue weighted by atomic mass is 10.0. The Morgan fingerprint density at radius 2 is 1.88 bits per heavy atom. The van der Waals surface area contributed by atoms with Gasteiger partial charge in [0.2, 0.25) is 11.8 Å². The van der Waals surface area contributed by atoms with E-state index in [0.717, 1.165) is 23.4 Å². The Bertz CT molecular complexity index is 870. The molecule has 2 aromatic rings. The van der Waals surface area contributed by atoms with Crippen LogP contribution < -0.4 is 9.80 Å². The molecule has 4 nitrogen and oxygen atoms in total. The molecule has 0 aromatic heterocycles. The minimum atomic E-state index is -0.878. The number of rotatable bonds is 4. The molecule has 0 unspecified atom stereocenters. The molecular weight excluding hydrogens is 324 g/mol. The zero-order valence-electron chi connectivity index (χ0n) is 15.4. The first-order valence-electron chi connectivity index (χ1n) is 9.35. The van der Waals surface area contributed by atoms with Crippen molar-refractivity contribution < 1.29 is 9.59 Å². The molecule has 2 aromatic carbocycles. The summed E-state index contributed by atoms with van der Waals surface area (Å²) in [5.74, 6) is -0.0847. The maximum Gasteiger partial charge on any atom is 0.242 e. The minimum Gasteiger partial charge on any atom is -0.312 e. The number of hydrogen-bond donors (Lipinski definition) is 0. The summed E-state index contributed by atoms with van der Waals surface area (Å²) in [5, 5.41) is 0. The molecule has 1 saturated carbocycles. The third-order valence-electron chi connectivity index (χ3n) is 5.58. The van der Waals surface area contributed by atoms with E-state index in [1.54, 1.807) is 4.90 Å². The van der Waals surface area contributed by atoms with Gasteiger partial charge in [0.05, 0.1) is 0 Å². The molecule has 1 heterocycles. The largest absolute Gasteiger partial charge is 0.312 e. The molecule has 134 valence electrons. The standard InChI is InChI=1S/C22H24N2O2/c1-3-23(18-9-6-7-16(2)15-18)20(25)22(12-13-22)21(26)24-14-11-17-8-4-5-10-19(17)24/h4-10,15H,3,11-14H2,1-2H3. The average Bonchev–Trinajstić information content (AvgIpc) is 3.35. The van der Waals surface area contributed by atoms with Gasteiger partial charge in [-0.2, -0.15) is 0 Å².